The van der Waals surface area contributed by atoms with Gasteiger partial charge in [0.25, 0.3) is 0 Å². The maximum Gasteiger partial charge on any atom is 0.161 e. The number of hydrogen-bond acceptors (Lipinski definition) is 5. The summed E-state index contributed by atoms with van der Waals surface area (Å²) in [5.74, 6) is 2.54. The van der Waals surface area contributed by atoms with Gasteiger partial charge in [0.2, 0.25) is 0 Å². The molecule has 2 aliphatic rings. The Balaban J connectivity index is 1.55. The first kappa shape index (κ1) is 16.5. The highest BCUT2D eigenvalue weighted by Gasteiger charge is 2.50. The lowest BCUT2D eigenvalue weighted by molar-refractivity contribution is -0.0261. The molecule has 0 radical (unpaired) electrons. The van der Waals surface area contributed by atoms with Crippen LogP contribution in [0.15, 0.2) is 24.4 Å². The molecule has 4 rings (SSSR count). The highest BCUT2D eigenvalue weighted by molar-refractivity contribution is 5.94. The van der Waals surface area contributed by atoms with Gasteiger partial charge in [-0.2, -0.15) is 0 Å². The fraction of sp³-hybridized carbons (Fsp3) is 0.550. The van der Waals surface area contributed by atoms with Crippen LogP contribution in [0.4, 0.5) is 5.82 Å². The van der Waals surface area contributed by atoms with E-state index < -0.39 is 0 Å². The first-order valence-corrected chi connectivity index (χ1v) is 9.09. The van der Waals surface area contributed by atoms with Crippen molar-refractivity contribution in [2.75, 3.05) is 26.1 Å². The van der Waals surface area contributed by atoms with Gasteiger partial charge in [0.1, 0.15) is 5.82 Å². The molecule has 2 aromatic rings. The van der Waals surface area contributed by atoms with Crippen LogP contribution < -0.4 is 14.8 Å². The predicted octanol–water partition coefficient (Wildman–Crippen LogP) is 3.61. The van der Waals surface area contributed by atoms with Gasteiger partial charge in [-0.05, 0) is 54.7 Å². The summed E-state index contributed by atoms with van der Waals surface area (Å²) in [6.45, 7) is 0.753. The van der Waals surface area contributed by atoms with Crippen molar-refractivity contribution in [1.82, 2.24) is 4.98 Å². The predicted molar refractivity (Wildman–Crippen MR) is 98.4 cm³/mol. The number of aliphatic hydroxyl groups excluding tert-OH is 1. The number of ether oxygens (including phenoxy) is 2. The molecule has 1 heterocycles. The molecule has 2 N–H and O–H groups in total. The van der Waals surface area contributed by atoms with Crippen LogP contribution in [-0.2, 0) is 0 Å². The lowest BCUT2D eigenvalue weighted by Crippen LogP contribution is -2.40. The smallest absolute Gasteiger partial charge is 0.161 e. The minimum atomic E-state index is -0.182. The van der Waals surface area contributed by atoms with E-state index >= 15 is 0 Å². The average molecular weight is 342 g/mol. The number of hydrogen-bond donors (Lipinski definition) is 2. The van der Waals surface area contributed by atoms with Gasteiger partial charge in [-0.15, -0.1) is 0 Å². The third-order valence-electron chi connectivity index (χ3n) is 6.24. The Bertz CT molecular complexity index is 773. The number of nitrogens with zero attached hydrogens (tertiary/aromatic N) is 1. The zero-order valence-electron chi connectivity index (χ0n) is 14.9. The maximum absolute atomic E-state index is 10.7. The van der Waals surface area contributed by atoms with Crippen molar-refractivity contribution < 1.29 is 14.6 Å². The number of anilines is 1. The van der Waals surface area contributed by atoms with E-state index in [1.165, 1.54) is 19.3 Å². The number of nitrogens with one attached hydrogen (secondary N) is 1. The van der Waals surface area contributed by atoms with Crippen molar-refractivity contribution in [2.45, 2.75) is 38.2 Å². The molecule has 0 amide bonds. The van der Waals surface area contributed by atoms with Crippen LogP contribution in [-0.4, -0.2) is 37.0 Å². The Morgan fingerprint density at radius 1 is 1.20 bits per heavy atom. The lowest BCUT2D eigenvalue weighted by atomic mass is 9.65. The standard InChI is InChI=1S/C20H26N2O3/c1-24-16-10-13-5-9-21-19(15(13)11-17(16)25-2)22-12-14-4-8-20(18(14)23)6-3-7-20/h5,9-11,14,18,23H,3-4,6-8,12H2,1-2H3,(H,21,22). The fourth-order valence-electron chi connectivity index (χ4n) is 4.54. The van der Waals surface area contributed by atoms with E-state index in [9.17, 15) is 5.11 Å². The summed E-state index contributed by atoms with van der Waals surface area (Å²) in [4.78, 5) is 4.51. The Morgan fingerprint density at radius 3 is 2.60 bits per heavy atom. The molecule has 5 heteroatoms. The van der Waals surface area contributed by atoms with E-state index in [1.807, 2.05) is 18.2 Å². The highest BCUT2D eigenvalue weighted by atomic mass is 16.5. The second-order valence-corrected chi connectivity index (χ2v) is 7.43. The summed E-state index contributed by atoms with van der Waals surface area (Å²) in [5, 5.41) is 16.2. The Kier molecular flexibility index (Phi) is 4.20. The summed E-state index contributed by atoms with van der Waals surface area (Å²) < 4.78 is 10.8. The van der Waals surface area contributed by atoms with E-state index in [-0.39, 0.29) is 11.5 Å². The molecular weight excluding hydrogens is 316 g/mol. The van der Waals surface area contributed by atoms with Crippen molar-refractivity contribution in [3.05, 3.63) is 24.4 Å². The van der Waals surface area contributed by atoms with Gasteiger partial charge >= 0.3 is 0 Å². The number of rotatable bonds is 5. The molecule has 25 heavy (non-hydrogen) atoms. The molecule has 2 fully saturated rings. The molecule has 0 aliphatic heterocycles. The second-order valence-electron chi connectivity index (χ2n) is 7.43. The van der Waals surface area contributed by atoms with Crippen molar-refractivity contribution in [2.24, 2.45) is 11.3 Å². The van der Waals surface area contributed by atoms with Crippen molar-refractivity contribution >= 4 is 16.6 Å². The number of aliphatic hydroxyl groups is 1. The third-order valence-corrected chi connectivity index (χ3v) is 6.24. The minimum Gasteiger partial charge on any atom is -0.493 e. The van der Waals surface area contributed by atoms with E-state index in [4.69, 9.17) is 9.47 Å². The summed E-state index contributed by atoms with van der Waals surface area (Å²) in [5.41, 5.74) is 0.217. The molecule has 0 bridgehead atoms. The topological polar surface area (TPSA) is 63.6 Å². The largest absolute Gasteiger partial charge is 0.493 e. The highest BCUT2D eigenvalue weighted by Crippen LogP contribution is 2.55. The molecule has 2 unspecified atom stereocenters. The molecule has 1 aromatic carbocycles. The van der Waals surface area contributed by atoms with Crippen LogP contribution >= 0.6 is 0 Å². The van der Waals surface area contributed by atoms with Gasteiger partial charge in [-0.3, -0.25) is 0 Å². The summed E-state index contributed by atoms with van der Waals surface area (Å²) in [6.07, 6.45) is 7.52. The molecule has 0 saturated heterocycles. The van der Waals surface area contributed by atoms with Crippen LogP contribution in [0.5, 0.6) is 11.5 Å². The lowest BCUT2D eigenvalue weighted by Gasteiger charge is -2.42. The fourth-order valence-corrected chi connectivity index (χ4v) is 4.54. The van der Waals surface area contributed by atoms with Crippen molar-refractivity contribution in [1.29, 1.82) is 0 Å². The molecule has 2 aliphatic carbocycles. The Hall–Kier alpha value is -2.01. The molecule has 1 spiro atoms. The Morgan fingerprint density at radius 2 is 1.96 bits per heavy atom. The van der Waals surface area contributed by atoms with Crippen LogP contribution in [0, 0.1) is 11.3 Å². The molecule has 2 saturated carbocycles. The van der Waals surface area contributed by atoms with Gasteiger partial charge in [0.05, 0.1) is 20.3 Å². The molecule has 1 aromatic heterocycles. The van der Waals surface area contributed by atoms with Crippen LogP contribution in [0.3, 0.4) is 0 Å². The van der Waals surface area contributed by atoms with E-state index in [0.717, 1.165) is 36.0 Å². The van der Waals surface area contributed by atoms with Crippen molar-refractivity contribution in [3.8, 4) is 11.5 Å². The molecule has 5 nitrogen and oxygen atoms in total. The molecular formula is C20H26N2O3. The number of fused-ring (bicyclic) bond motifs is 1. The summed E-state index contributed by atoms with van der Waals surface area (Å²) in [6, 6.07) is 5.90. The minimum absolute atomic E-state index is 0.182. The van der Waals surface area contributed by atoms with Gasteiger partial charge in [-0.25, -0.2) is 4.98 Å². The zero-order valence-corrected chi connectivity index (χ0v) is 14.9. The zero-order chi connectivity index (χ0) is 17.4. The van der Waals surface area contributed by atoms with E-state index in [0.29, 0.717) is 17.4 Å². The van der Waals surface area contributed by atoms with Gasteiger partial charge < -0.3 is 19.9 Å². The van der Waals surface area contributed by atoms with E-state index in [2.05, 4.69) is 10.3 Å². The van der Waals surface area contributed by atoms with Crippen molar-refractivity contribution in [3.63, 3.8) is 0 Å². The molecule has 2 atom stereocenters. The van der Waals surface area contributed by atoms with Gasteiger partial charge in [0.15, 0.2) is 11.5 Å². The second kappa shape index (κ2) is 6.37. The summed E-state index contributed by atoms with van der Waals surface area (Å²) in [7, 11) is 3.28. The first-order chi connectivity index (χ1) is 12.2. The molecule has 134 valence electrons. The van der Waals surface area contributed by atoms with Crippen LogP contribution in [0.1, 0.15) is 32.1 Å². The Labute approximate surface area is 148 Å². The number of pyridine rings is 1. The number of benzene rings is 1. The quantitative estimate of drug-likeness (QED) is 0.869. The monoisotopic (exact) mass is 342 g/mol. The maximum atomic E-state index is 10.7. The van der Waals surface area contributed by atoms with Crippen LogP contribution in [0.2, 0.25) is 0 Å². The van der Waals surface area contributed by atoms with Gasteiger partial charge in [-0.1, -0.05) is 6.42 Å². The normalized spacial score (nSPS) is 24.3. The van der Waals surface area contributed by atoms with E-state index in [1.54, 1.807) is 20.4 Å². The number of aromatic nitrogens is 1. The third kappa shape index (κ3) is 2.71. The number of methoxy groups -OCH3 is 2. The van der Waals surface area contributed by atoms with Crippen LogP contribution in [0.25, 0.3) is 10.8 Å². The first-order valence-electron chi connectivity index (χ1n) is 9.09. The SMILES string of the molecule is COc1cc2ccnc(NCC3CCC4(CCC4)C3O)c2cc1OC. The van der Waals surface area contributed by atoms with Gasteiger partial charge in [0, 0.05) is 24.0 Å². The summed E-state index contributed by atoms with van der Waals surface area (Å²) >= 11 is 0. The average Bonchev–Trinajstić information content (AvgIpc) is 2.95.